The Morgan fingerprint density at radius 1 is 1.65 bits per heavy atom. The second-order valence-corrected chi connectivity index (χ2v) is 3.92. The average molecular weight is 259 g/mol. The molecule has 0 spiro atoms. The number of aromatic nitrogens is 1. The summed E-state index contributed by atoms with van der Waals surface area (Å²) in [6.07, 6.45) is 1.35. The van der Waals surface area contributed by atoms with Gasteiger partial charge in [0.25, 0.3) is 0 Å². The summed E-state index contributed by atoms with van der Waals surface area (Å²) in [5, 5.41) is 0.233. The van der Waals surface area contributed by atoms with E-state index in [1.165, 1.54) is 12.3 Å². The Morgan fingerprint density at radius 3 is 2.94 bits per heavy atom. The van der Waals surface area contributed by atoms with Crippen molar-refractivity contribution in [1.29, 1.82) is 0 Å². The number of nitrogens with two attached hydrogens (primary N) is 1. The third kappa shape index (κ3) is 4.20. The molecule has 0 aliphatic rings. The van der Waals surface area contributed by atoms with Gasteiger partial charge in [-0.05, 0) is 13.8 Å². The molecule has 1 atom stereocenters. The van der Waals surface area contributed by atoms with Crippen molar-refractivity contribution in [1.82, 2.24) is 4.98 Å². The molecule has 0 amide bonds. The highest BCUT2D eigenvalue weighted by Gasteiger charge is 2.13. The van der Waals surface area contributed by atoms with Crippen LogP contribution >= 0.6 is 11.6 Å². The fourth-order valence-electron chi connectivity index (χ4n) is 1.08. The SMILES string of the molecule is CCOC(=O)c1cc(OC[C@H](C)N)ncc1Cl. The van der Waals surface area contributed by atoms with Gasteiger partial charge in [-0.25, -0.2) is 9.78 Å². The van der Waals surface area contributed by atoms with E-state index >= 15 is 0 Å². The maximum Gasteiger partial charge on any atom is 0.339 e. The summed E-state index contributed by atoms with van der Waals surface area (Å²) in [6.45, 7) is 4.13. The van der Waals surface area contributed by atoms with Gasteiger partial charge in [0.1, 0.15) is 6.61 Å². The highest BCUT2D eigenvalue weighted by molar-refractivity contribution is 6.33. The van der Waals surface area contributed by atoms with E-state index in [1.807, 2.05) is 6.92 Å². The maximum absolute atomic E-state index is 11.5. The van der Waals surface area contributed by atoms with Crippen LogP contribution < -0.4 is 10.5 Å². The molecule has 0 saturated heterocycles. The predicted octanol–water partition coefficient (Wildman–Crippen LogP) is 1.64. The molecule has 0 bridgehead atoms. The Balaban J connectivity index is 2.82. The van der Waals surface area contributed by atoms with Crippen LogP contribution in [-0.2, 0) is 4.74 Å². The topological polar surface area (TPSA) is 74.4 Å². The minimum Gasteiger partial charge on any atom is -0.476 e. The molecular weight excluding hydrogens is 244 g/mol. The number of carbonyl (C=O) groups is 1. The summed E-state index contributed by atoms with van der Waals surface area (Å²) < 4.78 is 10.1. The van der Waals surface area contributed by atoms with Crippen molar-refractivity contribution in [3.05, 3.63) is 22.8 Å². The summed E-state index contributed by atoms with van der Waals surface area (Å²) in [5.74, 6) is -0.194. The molecule has 0 aliphatic heterocycles. The van der Waals surface area contributed by atoms with Crippen molar-refractivity contribution in [2.24, 2.45) is 5.73 Å². The number of carbonyl (C=O) groups excluding carboxylic acids is 1. The van der Waals surface area contributed by atoms with E-state index in [9.17, 15) is 4.79 Å². The molecular formula is C11H15ClN2O3. The van der Waals surface area contributed by atoms with E-state index in [0.29, 0.717) is 12.5 Å². The lowest BCUT2D eigenvalue weighted by Crippen LogP contribution is -2.24. The first kappa shape index (κ1) is 13.7. The summed E-state index contributed by atoms with van der Waals surface area (Å²) in [4.78, 5) is 15.5. The zero-order chi connectivity index (χ0) is 12.8. The molecule has 1 aromatic rings. The molecule has 1 rings (SSSR count). The number of pyridine rings is 1. The number of nitrogens with zero attached hydrogens (tertiary/aromatic N) is 1. The molecule has 0 aromatic carbocycles. The number of hydrogen-bond acceptors (Lipinski definition) is 5. The number of rotatable bonds is 5. The van der Waals surface area contributed by atoms with Gasteiger partial charge in [0.05, 0.1) is 23.4 Å². The molecule has 0 fully saturated rings. The van der Waals surface area contributed by atoms with Crippen LogP contribution in [0.2, 0.25) is 5.02 Å². The van der Waals surface area contributed by atoms with Gasteiger partial charge >= 0.3 is 5.97 Å². The lowest BCUT2D eigenvalue weighted by atomic mass is 10.2. The van der Waals surface area contributed by atoms with Crippen molar-refractivity contribution in [2.45, 2.75) is 19.9 Å². The molecule has 6 heteroatoms. The van der Waals surface area contributed by atoms with Crippen LogP contribution in [0, 0.1) is 0 Å². The van der Waals surface area contributed by atoms with Gasteiger partial charge < -0.3 is 15.2 Å². The van der Waals surface area contributed by atoms with Crippen LogP contribution in [0.3, 0.4) is 0 Å². The monoisotopic (exact) mass is 258 g/mol. The molecule has 2 N–H and O–H groups in total. The number of esters is 1. The van der Waals surface area contributed by atoms with Crippen LogP contribution in [0.1, 0.15) is 24.2 Å². The van der Waals surface area contributed by atoms with Gasteiger partial charge in [0, 0.05) is 12.1 Å². The lowest BCUT2D eigenvalue weighted by molar-refractivity contribution is 0.0526. The summed E-state index contributed by atoms with van der Waals surface area (Å²) in [7, 11) is 0. The van der Waals surface area contributed by atoms with Crippen molar-refractivity contribution in [2.75, 3.05) is 13.2 Å². The van der Waals surface area contributed by atoms with E-state index in [4.69, 9.17) is 26.8 Å². The van der Waals surface area contributed by atoms with Crippen LogP contribution in [-0.4, -0.2) is 30.2 Å². The Labute approximate surface area is 105 Å². The lowest BCUT2D eigenvalue weighted by Gasteiger charge is -2.09. The molecule has 17 heavy (non-hydrogen) atoms. The van der Waals surface area contributed by atoms with Gasteiger partial charge in [0.2, 0.25) is 5.88 Å². The third-order valence-corrected chi connectivity index (χ3v) is 2.12. The van der Waals surface area contributed by atoms with Crippen LogP contribution in [0.25, 0.3) is 0 Å². The van der Waals surface area contributed by atoms with Crippen molar-refractivity contribution in [3.63, 3.8) is 0 Å². The van der Waals surface area contributed by atoms with Gasteiger partial charge in [-0.15, -0.1) is 0 Å². The van der Waals surface area contributed by atoms with Crippen LogP contribution in [0.5, 0.6) is 5.88 Å². The fourth-order valence-corrected chi connectivity index (χ4v) is 1.26. The summed E-state index contributed by atoms with van der Waals surface area (Å²) in [5.41, 5.74) is 5.78. The first-order valence-corrected chi connectivity index (χ1v) is 5.63. The Morgan fingerprint density at radius 2 is 2.35 bits per heavy atom. The van der Waals surface area contributed by atoms with E-state index in [1.54, 1.807) is 6.92 Å². The van der Waals surface area contributed by atoms with Gasteiger partial charge in [0.15, 0.2) is 0 Å². The van der Waals surface area contributed by atoms with Crippen molar-refractivity contribution >= 4 is 17.6 Å². The van der Waals surface area contributed by atoms with Crippen LogP contribution in [0.4, 0.5) is 0 Å². The zero-order valence-electron chi connectivity index (χ0n) is 9.77. The Bertz CT molecular complexity index is 396. The molecule has 1 heterocycles. The van der Waals surface area contributed by atoms with Gasteiger partial charge in [-0.1, -0.05) is 11.6 Å². The van der Waals surface area contributed by atoms with Crippen LogP contribution in [0.15, 0.2) is 12.3 Å². The summed E-state index contributed by atoms with van der Waals surface area (Å²) in [6, 6.07) is 1.33. The van der Waals surface area contributed by atoms with Crippen molar-refractivity contribution < 1.29 is 14.3 Å². The highest BCUT2D eigenvalue weighted by Crippen LogP contribution is 2.20. The highest BCUT2D eigenvalue weighted by atomic mass is 35.5. The second kappa shape index (κ2) is 6.42. The first-order valence-electron chi connectivity index (χ1n) is 5.25. The van der Waals surface area contributed by atoms with Gasteiger partial charge in [-0.3, -0.25) is 0 Å². The molecule has 94 valence electrons. The third-order valence-electron chi connectivity index (χ3n) is 1.82. The Hall–Kier alpha value is -1.33. The fraction of sp³-hybridized carbons (Fsp3) is 0.455. The van der Waals surface area contributed by atoms with Crippen molar-refractivity contribution in [3.8, 4) is 5.88 Å². The molecule has 5 nitrogen and oxygen atoms in total. The number of ether oxygens (including phenoxy) is 2. The minimum absolute atomic E-state index is 0.112. The van der Waals surface area contributed by atoms with E-state index in [0.717, 1.165) is 0 Å². The first-order chi connectivity index (χ1) is 8.04. The molecule has 0 aliphatic carbocycles. The molecule has 0 radical (unpaired) electrons. The normalized spacial score (nSPS) is 12.0. The predicted molar refractivity (Wildman–Crippen MR) is 64.3 cm³/mol. The summed E-state index contributed by atoms with van der Waals surface area (Å²) >= 11 is 5.85. The standard InChI is InChI=1S/C11H15ClN2O3/c1-3-16-11(15)8-4-10(14-5-9(8)12)17-6-7(2)13/h4-5,7H,3,6,13H2,1-2H3/t7-/m0/s1. The molecule has 0 saturated carbocycles. The quantitative estimate of drug-likeness (QED) is 0.813. The van der Waals surface area contributed by atoms with E-state index in [2.05, 4.69) is 4.98 Å². The average Bonchev–Trinajstić information content (AvgIpc) is 2.28. The molecule has 1 aromatic heterocycles. The Kier molecular flexibility index (Phi) is 5.18. The molecule has 0 unspecified atom stereocenters. The minimum atomic E-state index is -0.495. The number of hydrogen-bond donors (Lipinski definition) is 1. The van der Waals surface area contributed by atoms with E-state index in [-0.39, 0.29) is 23.2 Å². The number of halogens is 1. The smallest absolute Gasteiger partial charge is 0.339 e. The van der Waals surface area contributed by atoms with Gasteiger partial charge in [-0.2, -0.15) is 0 Å². The van der Waals surface area contributed by atoms with E-state index < -0.39 is 5.97 Å². The second-order valence-electron chi connectivity index (χ2n) is 3.51. The zero-order valence-corrected chi connectivity index (χ0v) is 10.5. The largest absolute Gasteiger partial charge is 0.476 e. The maximum atomic E-state index is 11.5.